The van der Waals surface area contributed by atoms with E-state index in [1.54, 1.807) is 12.1 Å². The lowest BCUT2D eigenvalue weighted by molar-refractivity contribution is -0.136. The molecule has 0 unspecified atom stereocenters. The molecule has 0 heterocycles. The summed E-state index contributed by atoms with van der Waals surface area (Å²) in [6, 6.07) is 5.47. The smallest absolute Gasteiger partial charge is 0.307 e. The highest BCUT2D eigenvalue weighted by atomic mass is 79.9. The molecule has 1 rings (SSSR count). The van der Waals surface area contributed by atoms with Gasteiger partial charge in [0.2, 0.25) is 0 Å². The predicted octanol–water partition coefficient (Wildman–Crippen LogP) is 2.51. The first-order chi connectivity index (χ1) is 7.08. The van der Waals surface area contributed by atoms with E-state index >= 15 is 0 Å². The van der Waals surface area contributed by atoms with Crippen LogP contribution in [0.1, 0.15) is 23.6 Å². The molecule has 0 saturated carbocycles. The quantitative estimate of drug-likeness (QED) is 0.916. The molecule has 78 valence electrons. The zero-order valence-corrected chi connectivity index (χ0v) is 9.84. The van der Waals surface area contributed by atoms with Crippen molar-refractivity contribution >= 4 is 21.9 Å². The minimum atomic E-state index is -0.893. The molecule has 0 aromatic heterocycles. The molecule has 15 heavy (non-hydrogen) atoms. The van der Waals surface area contributed by atoms with Crippen LogP contribution < -0.4 is 0 Å². The molecule has 0 aliphatic carbocycles. The van der Waals surface area contributed by atoms with Gasteiger partial charge in [-0.15, -0.1) is 0 Å². The molecule has 1 aromatic carbocycles. The van der Waals surface area contributed by atoms with Crippen molar-refractivity contribution in [2.45, 2.75) is 19.8 Å². The molecular weight excluding hydrogens is 258 g/mol. The van der Waals surface area contributed by atoms with Gasteiger partial charge in [-0.25, -0.2) is 0 Å². The fourth-order valence-corrected chi connectivity index (χ4v) is 2.22. The summed E-state index contributed by atoms with van der Waals surface area (Å²) in [6.07, 6.45) is 0.689. The van der Waals surface area contributed by atoms with Crippen LogP contribution in [0.5, 0.6) is 0 Å². The van der Waals surface area contributed by atoms with Crippen molar-refractivity contribution < 1.29 is 9.90 Å². The number of rotatable bonds is 3. The van der Waals surface area contributed by atoms with E-state index < -0.39 is 5.97 Å². The number of aliphatic carboxylic acids is 1. The molecule has 1 aromatic rings. The van der Waals surface area contributed by atoms with Crippen molar-refractivity contribution in [3.63, 3.8) is 0 Å². The van der Waals surface area contributed by atoms with E-state index in [9.17, 15) is 4.79 Å². The van der Waals surface area contributed by atoms with E-state index in [-0.39, 0.29) is 6.42 Å². The summed E-state index contributed by atoms with van der Waals surface area (Å²) in [6.45, 7) is 1.96. The van der Waals surface area contributed by atoms with Gasteiger partial charge in [0.1, 0.15) is 0 Å². The topological polar surface area (TPSA) is 61.1 Å². The Morgan fingerprint density at radius 1 is 1.60 bits per heavy atom. The van der Waals surface area contributed by atoms with Gasteiger partial charge in [-0.05, 0) is 29.7 Å². The Morgan fingerprint density at radius 3 is 2.73 bits per heavy atom. The lowest BCUT2D eigenvalue weighted by Gasteiger charge is -2.06. The van der Waals surface area contributed by atoms with Gasteiger partial charge < -0.3 is 5.11 Å². The van der Waals surface area contributed by atoms with E-state index in [1.165, 1.54) is 0 Å². The van der Waals surface area contributed by atoms with Crippen LogP contribution in [0.15, 0.2) is 16.6 Å². The molecule has 0 radical (unpaired) electrons. The normalized spacial score (nSPS) is 9.67. The molecule has 0 aliphatic rings. The van der Waals surface area contributed by atoms with Crippen LogP contribution in [-0.4, -0.2) is 11.1 Å². The Morgan fingerprint density at radius 2 is 2.27 bits per heavy atom. The van der Waals surface area contributed by atoms with Crippen molar-refractivity contribution in [1.82, 2.24) is 0 Å². The summed E-state index contributed by atoms with van der Waals surface area (Å²) >= 11 is 3.34. The van der Waals surface area contributed by atoms with Gasteiger partial charge in [0.25, 0.3) is 0 Å². The molecule has 1 N–H and O–H groups in total. The largest absolute Gasteiger partial charge is 0.481 e. The minimum absolute atomic E-state index is 0.0583. The van der Waals surface area contributed by atoms with Crippen molar-refractivity contribution in [2.75, 3.05) is 0 Å². The average molecular weight is 268 g/mol. The number of hydrogen-bond donors (Lipinski definition) is 1. The van der Waals surface area contributed by atoms with Crippen LogP contribution in [0.4, 0.5) is 0 Å². The highest BCUT2D eigenvalue weighted by Gasteiger charge is 2.09. The van der Waals surface area contributed by atoms with Crippen LogP contribution in [0.3, 0.4) is 0 Å². The van der Waals surface area contributed by atoms with Crippen molar-refractivity contribution in [3.05, 3.63) is 33.3 Å². The highest BCUT2D eigenvalue weighted by molar-refractivity contribution is 9.10. The first kappa shape index (κ1) is 11.7. The fourth-order valence-electron chi connectivity index (χ4n) is 1.43. The lowest BCUT2D eigenvalue weighted by atomic mass is 10.0. The Labute approximate surface area is 96.5 Å². The predicted molar refractivity (Wildman–Crippen MR) is 59.6 cm³/mol. The number of hydrogen-bond acceptors (Lipinski definition) is 2. The minimum Gasteiger partial charge on any atom is -0.481 e. The Hall–Kier alpha value is -1.34. The molecule has 0 fully saturated rings. The van der Waals surface area contributed by atoms with Crippen LogP contribution in [0.2, 0.25) is 0 Å². The van der Waals surface area contributed by atoms with Gasteiger partial charge in [0.05, 0.1) is 18.1 Å². The summed E-state index contributed by atoms with van der Waals surface area (Å²) in [5.41, 5.74) is 2.11. The third-order valence-electron chi connectivity index (χ3n) is 2.08. The number of nitriles is 1. The molecule has 0 bridgehead atoms. The Kier molecular flexibility index (Phi) is 3.87. The van der Waals surface area contributed by atoms with Crippen LogP contribution >= 0.6 is 15.9 Å². The van der Waals surface area contributed by atoms with Gasteiger partial charge in [-0.3, -0.25) is 4.79 Å². The molecule has 3 nitrogen and oxygen atoms in total. The average Bonchev–Trinajstić information content (AvgIpc) is 2.15. The first-order valence-electron chi connectivity index (χ1n) is 4.51. The number of benzene rings is 1. The maximum atomic E-state index is 10.5. The molecule has 0 spiro atoms. The van der Waals surface area contributed by atoms with Gasteiger partial charge >= 0.3 is 5.97 Å². The standard InChI is InChI=1S/C11H10BrNO2/c1-2-9-8(6-13)3-7(4-10(9)12)5-11(14)15/h3-4H,2,5H2,1H3,(H,14,15). The van der Waals surface area contributed by atoms with E-state index in [1.807, 2.05) is 6.92 Å². The van der Waals surface area contributed by atoms with Crippen LogP contribution in [-0.2, 0) is 17.6 Å². The number of carbonyl (C=O) groups is 1. The maximum absolute atomic E-state index is 10.5. The molecule has 4 heteroatoms. The third kappa shape index (κ3) is 2.80. The van der Waals surface area contributed by atoms with Crippen molar-refractivity contribution in [2.24, 2.45) is 0 Å². The molecule has 0 saturated heterocycles. The zero-order valence-electron chi connectivity index (χ0n) is 8.25. The van der Waals surface area contributed by atoms with Gasteiger partial charge in [0, 0.05) is 4.47 Å². The number of nitrogens with zero attached hydrogens (tertiary/aromatic N) is 1. The molecular formula is C11H10BrNO2. The fraction of sp³-hybridized carbons (Fsp3) is 0.273. The lowest BCUT2D eigenvalue weighted by Crippen LogP contribution is -2.02. The number of halogens is 1. The summed E-state index contributed by atoms with van der Waals surface area (Å²) < 4.78 is 0.806. The zero-order chi connectivity index (χ0) is 11.4. The van der Waals surface area contributed by atoms with Crippen LogP contribution in [0, 0.1) is 11.3 Å². The van der Waals surface area contributed by atoms with E-state index in [2.05, 4.69) is 22.0 Å². The maximum Gasteiger partial charge on any atom is 0.307 e. The van der Waals surface area contributed by atoms with Gasteiger partial charge in [0.15, 0.2) is 0 Å². The summed E-state index contributed by atoms with van der Waals surface area (Å²) in [5.74, 6) is -0.893. The SMILES string of the molecule is CCc1c(Br)cc(CC(=O)O)cc1C#N. The summed E-state index contributed by atoms with van der Waals surface area (Å²) in [5, 5.41) is 17.6. The van der Waals surface area contributed by atoms with E-state index in [4.69, 9.17) is 10.4 Å². The molecule has 0 aliphatic heterocycles. The van der Waals surface area contributed by atoms with Crippen molar-refractivity contribution in [3.8, 4) is 6.07 Å². The number of carboxylic acid groups (broad SMARTS) is 1. The second-order valence-corrected chi connectivity index (χ2v) is 3.99. The first-order valence-corrected chi connectivity index (χ1v) is 5.31. The van der Waals surface area contributed by atoms with E-state index in [0.717, 1.165) is 16.5 Å². The molecule has 0 atom stereocenters. The van der Waals surface area contributed by atoms with E-state index in [0.29, 0.717) is 11.1 Å². The Bertz CT molecular complexity index is 435. The third-order valence-corrected chi connectivity index (χ3v) is 2.79. The highest BCUT2D eigenvalue weighted by Crippen LogP contribution is 2.23. The second kappa shape index (κ2) is 4.94. The van der Waals surface area contributed by atoms with Gasteiger partial charge in [-0.1, -0.05) is 22.9 Å². The molecule has 0 amide bonds. The van der Waals surface area contributed by atoms with Crippen LogP contribution in [0.25, 0.3) is 0 Å². The monoisotopic (exact) mass is 267 g/mol. The summed E-state index contributed by atoms with van der Waals surface area (Å²) in [7, 11) is 0. The Balaban J connectivity index is 3.21. The summed E-state index contributed by atoms with van der Waals surface area (Å²) in [4.78, 5) is 10.5. The van der Waals surface area contributed by atoms with Gasteiger partial charge in [-0.2, -0.15) is 5.26 Å². The van der Waals surface area contributed by atoms with Crippen molar-refractivity contribution in [1.29, 1.82) is 5.26 Å². The second-order valence-electron chi connectivity index (χ2n) is 3.14. The number of carboxylic acids is 1.